The summed E-state index contributed by atoms with van der Waals surface area (Å²) in [5.74, 6) is 0.933. The highest BCUT2D eigenvalue weighted by Gasteiger charge is 2.18. The number of anilines is 1. The van der Waals surface area contributed by atoms with E-state index >= 15 is 0 Å². The second-order valence-corrected chi connectivity index (χ2v) is 4.57. The van der Waals surface area contributed by atoms with Gasteiger partial charge in [-0.15, -0.1) is 24.8 Å². The Morgan fingerprint density at radius 3 is 2.45 bits per heavy atom. The van der Waals surface area contributed by atoms with Crippen molar-refractivity contribution in [2.24, 2.45) is 0 Å². The number of nitrogens with zero attached hydrogens (tertiary/aromatic N) is 3. The number of esters is 1. The molecule has 8 heteroatoms. The normalized spacial score (nSPS) is 14.1. The van der Waals surface area contributed by atoms with Gasteiger partial charge in [0.25, 0.3) is 0 Å². The van der Waals surface area contributed by atoms with Gasteiger partial charge in [0.1, 0.15) is 5.82 Å². The highest BCUT2D eigenvalue weighted by atomic mass is 35.5. The van der Waals surface area contributed by atoms with Crippen molar-refractivity contribution in [1.29, 1.82) is 0 Å². The Balaban J connectivity index is 0. The van der Waals surface area contributed by atoms with Crippen LogP contribution in [0.2, 0.25) is 0 Å². The number of hydrogen-bond acceptors (Lipinski definition) is 5. The van der Waals surface area contributed by atoms with Crippen molar-refractivity contribution in [3.63, 3.8) is 0 Å². The van der Waals surface area contributed by atoms with Gasteiger partial charge in [0, 0.05) is 38.9 Å². The number of carbonyl (C=O) groups is 1. The first kappa shape index (κ1) is 23.2. The first-order chi connectivity index (χ1) is 9.29. The molecule has 2 heterocycles. The topological polar surface area (TPSA) is 77.2 Å². The molecule has 0 spiro atoms. The Labute approximate surface area is 144 Å². The van der Waals surface area contributed by atoms with Crippen LogP contribution in [0.1, 0.15) is 13.3 Å². The van der Waals surface area contributed by atoms with E-state index in [0.717, 1.165) is 38.5 Å². The molecule has 0 saturated carbocycles. The molecule has 1 fully saturated rings. The fraction of sp³-hybridized carbons (Fsp3) is 0.571. The SMILES string of the molecule is CCOC(=O)CCN1CCN(c2ccccn2)CC1.Cl.Cl.O. The molecule has 1 saturated heterocycles. The molecule has 0 unspecified atom stereocenters. The van der Waals surface area contributed by atoms with Crippen molar-refractivity contribution in [2.75, 3.05) is 44.2 Å². The van der Waals surface area contributed by atoms with E-state index in [1.807, 2.05) is 31.3 Å². The van der Waals surface area contributed by atoms with E-state index in [2.05, 4.69) is 14.8 Å². The summed E-state index contributed by atoms with van der Waals surface area (Å²) < 4.78 is 4.94. The molecular weight excluding hydrogens is 329 g/mol. The summed E-state index contributed by atoms with van der Waals surface area (Å²) in [6.07, 6.45) is 2.31. The minimum atomic E-state index is -0.102. The Hall–Kier alpha value is -1.08. The average molecular weight is 354 g/mol. The average Bonchev–Trinajstić information content (AvgIpc) is 2.47. The largest absolute Gasteiger partial charge is 0.466 e. The van der Waals surface area contributed by atoms with E-state index in [0.29, 0.717) is 13.0 Å². The molecule has 2 rings (SSSR count). The maximum absolute atomic E-state index is 11.3. The van der Waals surface area contributed by atoms with Crippen LogP contribution in [0, 0.1) is 0 Å². The van der Waals surface area contributed by atoms with Crippen LogP contribution in [-0.2, 0) is 9.53 Å². The van der Waals surface area contributed by atoms with Crippen molar-refractivity contribution in [1.82, 2.24) is 9.88 Å². The van der Waals surface area contributed by atoms with Crippen LogP contribution < -0.4 is 4.90 Å². The molecular formula is C14H25Cl2N3O3. The van der Waals surface area contributed by atoms with Crippen LogP contribution in [0.15, 0.2) is 24.4 Å². The Kier molecular flexibility index (Phi) is 13.1. The van der Waals surface area contributed by atoms with Gasteiger partial charge >= 0.3 is 5.97 Å². The molecule has 1 aromatic heterocycles. The van der Waals surface area contributed by atoms with Gasteiger partial charge in [-0.3, -0.25) is 9.69 Å². The molecule has 0 bridgehead atoms. The highest BCUT2D eigenvalue weighted by Crippen LogP contribution is 2.12. The molecule has 0 amide bonds. The van der Waals surface area contributed by atoms with Crippen LogP contribution in [0.5, 0.6) is 0 Å². The van der Waals surface area contributed by atoms with E-state index in [9.17, 15) is 4.79 Å². The molecule has 0 aliphatic carbocycles. The number of rotatable bonds is 5. The van der Waals surface area contributed by atoms with E-state index in [1.165, 1.54) is 0 Å². The fourth-order valence-corrected chi connectivity index (χ4v) is 2.22. The molecule has 0 radical (unpaired) electrons. The molecule has 1 aliphatic rings. The predicted octanol–water partition coefficient (Wildman–Crippen LogP) is 1.18. The van der Waals surface area contributed by atoms with Crippen molar-refractivity contribution in [3.05, 3.63) is 24.4 Å². The molecule has 0 aromatic carbocycles. The smallest absolute Gasteiger partial charge is 0.307 e. The second kappa shape index (κ2) is 12.5. The van der Waals surface area contributed by atoms with Crippen molar-refractivity contribution in [2.45, 2.75) is 13.3 Å². The van der Waals surface area contributed by atoms with Gasteiger partial charge in [-0.25, -0.2) is 4.98 Å². The third kappa shape index (κ3) is 7.26. The van der Waals surface area contributed by atoms with Crippen LogP contribution in [0.3, 0.4) is 0 Å². The van der Waals surface area contributed by atoms with Crippen LogP contribution in [0.25, 0.3) is 0 Å². The van der Waals surface area contributed by atoms with Gasteiger partial charge in [-0.05, 0) is 19.1 Å². The predicted molar refractivity (Wildman–Crippen MR) is 92.2 cm³/mol. The third-order valence-electron chi connectivity index (χ3n) is 3.28. The molecule has 2 N–H and O–H groups in total. The van der Waals surface area contributed by atoms with Crippen LogP contribution in [0.4, 0.5) is 5.82 Å². The monoisotopic (exact) mass is 353 g/mol. The fourth-order valence-electron chi connectivity index (χ4n) is 2.22. The Morgan fingerprint density at radius 1 is 1.23 bits per heavy atom. The van der Waals surface area contributed by atoms with E-state index in [-0.39, 0.29) is 36.3 Å². The highest BCUT2D eigenvalue weighted by molar-refractivity contribution is 5.85. The zero-order valence-electron chi connectivity index (χ0n) is 12.7. The summed E-state index contributed by atoms with van der Waals surface area (Å²) in [4.78, 5) is 20.2. The second-order valence-electron chi connectivity index (χ2n) is 4.57. The first-order valence-electron chi connectivity index (χ1n) is 6.83. The summed E-state index contributed by atoms with van der Waals surface area (Å²) in [7, 11) is 0. The maximum atomic E-state index is 11.3. The molecule has 1 aliphatic heterocycles. The lowest BCUT2D eigenvalue weighted by molar-refractivity contribution is -0.143. The summed E-state index contributed by atoms with van der Waals surface area (Å²) >= 11 is 0. The zero-order chi connectivity index (χ0) is 13.5. The van der Waals surface area contributed by atoms with Crippen molar-refractivity contribution in [3.8, 4) is 0 Å². The van der Waals surface area contributed by atoms with Gasteiger partial charge in [-0.2, -0.15) is 0 Å². The maximum Gasteiger partial charge on any atom is 0.307 e. The summed E-state index contributed by atoms with van der Waals surface area (Å²) in [6.45, 7) is 6.94. The number of hydrogen-bond donors (Lipinski definition) is 0. The summed E-state index contributed by atoms with van der Waals surface area (Å²) in [5, 5.41) is 0. The Bertz CT molecular complexity index is 402. The summed E-state index contributed by atoms with van der Waals surface area (Å²) in [6, 6.07) is 5.98. The first-order valence-corrected chi connectivity index (χ1v) is 6.83. The van der Waals surface area contributed by atoms with Gasteiger partial charge in [0.15, 0.2) is 0 Å². The number of ether oxygens (including phenoxy) is 1. The molecule has 22 heavy (non-hydrogen) atoms. The number of carbonyl (C=O) groups excluding carboxylic acids is 1. The number of piperazine rings is 1. The minimum Gasteiger partial charge on any atom is -0.466 e. The number of pyridine rings is 1. The molecule has 0 atom stereocenters. The van der Waals surface area contributed by atoms with E-state index in [1.54, 1.807) is 0 Å². The lowest BCUT2D eigenvalue weighted by atomic mass is 10.3. The quantitative estimate of drug-likeness (QED) is 0.742. The number of aromatic nitrogens is 1. The lowest BCUT2D eigenvalue weighted by Gasteiger charge is -2.35. The van der Waals surface area contributed by atoms with Gasteiger partial charge in [0.05, 0.1) is 13.0 Å². The zero-order valence-corrected chi connectivity index (χ0v) is 14.4. The lowest BCUT2D eigenvalue weighted by Crippen LogP contribution is -2.47. The van der Waals surface area contributed by atoms with Crippen LogP contribution in [-0.4, -0.2) is 60.7 Å². The Morgan fingerprint density at radius 2 is 1.91 bits per heavy atom. The number of halogens is 2. The third-order valence-corrected chi connectivity index (χ3v) is 3.28. The molecule has 128 valence electrons. The van der Waals surface area contributed by atoms with E-state index < -0.39 is 0 Å². The van der Waals surface area contributed by atoms with Crippen molar-refractivity contribution >= 4 is 36.6 Å². The van der Waals surface area contributed by atoms with Crippen molar-refractivity contribution < 1.29 is 15.0 Å². The standard InChI is InChI=1S/C14H21N3O2.2ClH.H2O/c1-2-19-14(18)6-8-16-9-11-17(12-10-16)13-5-3-4-7-15-13;;;/h3-5,7H,2,6,8-12H2,1H3;2*1H;1H2. The van der Waals surface area contributed by atoms with E-state index in [4.69, 9.17) is 4.74 Å². The molecule has 6 nitrogen and oxygen atoms in total. The van der Waals surface area contributed by atoms with Gasteiger partial charge < -0.3 is 15.1 Å². The van der Waals surface area contributed by atoms with Crippen LogP contribution >= 0.6 is 24.8 Å². The molecule has 1 aromatic rings. The minimum absolute atomic E-state index is 0. The summed E-state index contributed by atoms with van der Waals surface area (Å²) in [5.41, 5.74) is 0. The van der Waals surface area contributed by atoms with Gasteiger partial charge in [0.2, 0.25) is 0 Å². The van der Waals surface area contributed by atoms with Gasteiger partial charge in [-0.1, -0.05) is 6.07 Å².